The standard InChI is InChI=1S/C21H20ClN3O/c1-25-9-3-5-15-10-14(6-7-19(15)25)13-24-21(26)18-12-17(22)11-16-4-2-8-23-20(16)18/h2,4,6-8,10-12H,3,5,9,13H2,1H3,(H,24,26). The summed E-state index contributed by atoms with van der Waals surface area (Å²) in [6, 6.07) is 13.7. The molecule has 1 amide bonds. The number of benzene rings is 2. The second-order valence-corrected chi connectivity index (χ2v) is 7.14. The molecule has 0 aliphatic carbocycles. The number of hydrogen-bond acceptors (Lipinski definition) is 3. The van der Waals surface area contributed by atoms with Crippen LogP contribution in [-0.4, -0.2) is 24.5 Å². The van der Waals surface area contributed by atoms with Crippen molar-refractivity contribution in [3.8, 4) is 0 Å². The number of amides is 1. The van der Waals surface area contributed by atoms with Gasteiger partial charge >= 0.3 is 0 Å². The third-order valence-corrected chi connectivity index (χ3v) is 5.08. The molecule has 3 aromatic rings. The van der Waals surface area contributed by atoms with Crippen LogP contribution < -0.4 is 10.2 Å². The number of anilines is 1. The number of halogens is 1. The second-order valence-electron chi connectivity index (χ2n) is 6.70. The summed E-state index contributed by atoms with van der Waals surface area (Å²) in [4.78, 5) is 19.3. The molecule has 0 atom stereocenters. The molecule has 1 aliphatic heterocycles. The first-order chi connectivity index (χ1) is 12.6. The van der Waals surface area contributed by atoms with E-state index >= 15 is 0 Å². The molecule has 1 N–H and O–H groups in total. The van der Waals surface area contributed by atoms with Crippen molar-refractivity contribution in [1.29, 1.82) is 0 Å². The van der Waals surface area contributed by atoms with Crippen LogP contribution in [0.2, 0.25) is 5.02 Å². The lowest BCUT2D eigenvalue weighted by atomic mass is 9.99. The first-order valence-electron chi connectivity index (χ1n) is 8.77. The Bertz CT molecular complexity index is 986. The minimum Gasteiger partial charge on any atom is -0.374 e. The van der Waals surface area contributed by atoms with Gasteiger partial charge < -0.3 is 10.2 Å². The van der Waals surface area contributed by atoms with Gasteiger partial charge in [0.25, 0.3) is 5.91 Å². The molecule has 2 aromatic carbocycles. The third kappa shape index (κ3) is 3.25. The Hall–Kier alpha value is -2.59. The quantitative estimate of drug-likeness (QED) is 0.756. The summed E-state index contributed by atoms with van der Waals surface area (Å²) in [5, 5.41) is 4.40. The lowest BCUT2D eigenvalue weighted by molar-refractivity contribution is 0.0952. The number of aryl methyl sites for hydroxylation is 1. The highest BCUT2D eigenvalue weighted by molar-refractivity contribution is 6.32. The van der Waals surface area contributed by atoms with E-state index in [1.165, 1.54) is 17.7 Å². The summed E-state index contributed by atoms with van der Waals surface area (Å²) < 4.78 is 0. The Balaban J connectivity index is 1.55. The zero-order chi connectivity index (χ0) is 18.1. The van der Waals surface area contributed by atoms with Crippen LogP contribution in [0.5, 0.6) is 0 Å². The van der Waals surface area contributed by atoms with E-state index in [9.17, 15) is 4.79 Å². The maximum Gasteiger partial charge on any atom is 0.253 e. The Morgan fingerprint density at radius 3 is 3.04 bits per heavy atom. The molecule has 0 saturated heterocycles. The van der Waals surface area contributed by atoms with Crippen molar-refractivity contribution in [2.24, 2.45) is 0 Å². The molecule has 1 aromatic heterocycles. The number of carbonyl (C=O) groups excluding carboxylic acids is 1. The summed E-state index contributed by atoms with van der Waals surface area (Å²) in [7, 11) is 2.12. The average molecular weight is 366 g/mol. The van der Waals surface area contributed by atoms with Gasteiger partial charge in [-0.2, -0.15) is 0 Å². The van der Waals surface area contributed by atoms with Gasteiger partial charge in [0, 0.05) is 42.4 Å². The summed E-state index contributed by atoms with van der Waals surface area (Å²) >= 11 is 6.17. The highest BCUT2D eigenvalue weighted by atomic mass is 35.5. The molecule has 1 aliphatic rings. The van der Waals surface area contributed by atoms with Gasteiger partial charge in [0.1, 0.15) is 0 Å². The van der Waals surface area contributed by atoms with Crippen LogP contribution in [0, 0.1) is 0 Å². The second kappa shape index (κ2) is 6.96. The molecule has 0 unspecified atom stereocenters. The molecule has 0 saturated carbocycles. The number of rotatable bonds is 3. The number of carbonyl (C=O) groups is 1. The molecule has 2 heterocycles. The van der Waals surface area contributed by atoms with Crippen LogP contribution in [0.1, 0.15) is 27.9 Å². The maximum atomic E-state index is 12.7. The monoisotopic (exact) mass is 365 g/mol. The normalized spacial score (nSPS) is 13.5. The Kier molecular flexibility index (Phi) is 4.51. The van der Waals surface area contributed by atoms with Crippen molar-refractivity contribution in [2.75, 3.05) is 18.5 Å². The smallest absolute Gasteiger partial charge is 0.253 e. The van der Waals surface area contributed by atoms with Crippen LogP contribution in [-0.2, 0) is 13.0 Å². The van der Waals surface area contributed by atoms with Crippen molar-refractivity contribution in [3.05, 3.63) is 70.4 Å². The van der Waals surface area contributed by atoms with Crippen molar-refractivity contribution in [1.82, 2.24) is 10.3 Å². The zero-order valence-corrected chi connectivity index (χ0v) is 15.4. The zero-order valence-electron chi connectivity index (χ0n) is 14.6. The number of pyridine rings is 1. The highest BCUT2D eigenvalue weighted by Crippen LogP contribution is 2.27. The SMILES string of the molecule is CN1CCCc2cc(CNC(=O)c3cc(Cl)cc4cccnc34)ccc21. The first kappa shape index (κ1) is 16.9. The molecule has 0 spiro atoms. The molecule has 0 fully saturated rings. The van der Waals surface area contributed by atoms with Crippen molar-refractivity contribution in [2.45, 2.75) is 19.4 Å². The van der Waals surface area contributed by atoms with Crippen molar-refractivity contribution < 1.29 is 4.79 Å². The van der Waals surface area contributed by atoms with Gasteiger partial charge in [0.2, 0.25) is 0 Å². The largest absolute Gasteiger partial charge is 0.374 e. The first-order valence-corrected chi connectivity index (χ1v) is 9.15. The molecule has 5 heteroatoms. The molecular formula is C21H20ClN3O. The van der Waals surface area contributed by atoms with Gasteiger partial charge in [-0.3, -0.25) is 9.78 Å². The average Bonchev–Trinajstić information content (AvgIpc) is 2.65. The maximum absolute atomic E-state index is 12.7. The third-order valence-electron chi connectivity index (χ3n) is 4.86. The van der Waals surface area contributed by atoms with E-state index in [1.807, 2.05) is 18.2 Å². The fourth-order valence-corrected chi connectivity index (χ4v) is 3.78. The lowest BCUT2D eigenvalue weighted by Gasteiger charge is -2.27. The number of nitrogens with zero attached hydrogens (tertiary/aromatic N) is 2. The molecule has 0 radical (unpaired) electrons. The van der Waals surface area contributed by atoms with Crippen molar-refractivity contribution >= 4 is 34.1 Å². The van der Waals surface area contributed by atoms with Gasteiger partial charge in [0.15, 0.2) is 0 Å². The minimum absolute atomic E-state index is 0.161. The number of fused-ring (bicyclic) bond motifs is 2. The van der Waals surface area contributed by atoms with E-state index in [1.54, 1.807) is 12.3 Å². The molecule has 132 valence electrons. The Labute approximate surface area is 157 Å². The van der Waals surface area contributed by atoms with E-state index in [4.69, 9.17) is 11.6 Å². The lowest BCUT2D eigenvalue weighted by Crippen LogP contribution is -2.26. The minimum atomic E-state index is -0.161. The van der Waals surface area contributed by atoms with Gasteiger partial charge in [0.05, 0.1) is 11.1 Å². The van der Waals surface area contributed by atoms with E-state index in [2.05, 4.69) is 40.4 Å². The van der Waals surface area contributed by atoms with Crippen LogP contribution in [0.4, 0.5) is 5.69 Å². The van der Waals surface area contributed by atoms with Crippen LogP contribution in [0.15, 0.2) is 48.7 Å². The van der Waals surface area contributed by atoms with Crippen LogP contribution in [0.25, 0.3) is 10.9 Å². The van der Waals surface area contributed by atoms with Gasteiger partial charge in [-0.05, 0) is 48.2 Å². The number of aromatic nitrogens is 1. The predicted octanol–water partition coefficient (Wildman–Crippen LogP) is 4.20. The fourth-order valence-electron chi connectivity index (χ4n) is 3.55. The Morgan fingerprint density at radius 2 is 2.15 bits per heavy atom. The van der Waals surface area contributed by atoms with Gasteiger partial charge in [-0.25, -0.2) is 0 Å². The van der Waals surface area contributed by atoms with Gasteiger partial charge in [-0.15, -0.1) is 0 Å². The number of nitrogens with one attached hydrogen (secondary N) is 1. The Morgan fingerprint density at radius 1 is 1.27 bits per heavy atom. The molecule has 4 nitrogen and oxygen atoms in total. The molecule has 4 rings (SSSR count). The predicted molar refractivity (Wildman–Crippen MR) is 106 cm³/mol. The molecule has 26 heavy (non-hydrogen) atoms. The van der Waals surface area contributed by atoms with Crippen LogP contribution in [0.3, 0.4) is 0 Å². The van der Waals surface area contributed by atoms with E-state index in [-0.39, 0.29) is 5.91 Å². The molecule has 0 bridgehead atoms. The van der Waals surface area contributed by atoms with E-state index in [0.717, 1.165) is 23.9 Å². The summed E-state index contributed by atoms with van der Waals surface area (Å²) in [6.07, 6.45) is 3.94. The number of hydrogen-bond donors (Lipinski definition) is 1. The molecular weight excluding hydrogens is 346 g/mol. The van der Waals surface area contributed by atoms with Crippen LogP contribution >= 0.6 is 11.6 Å². The van der Waals surface area contributed by atoms with E-state index < -0.39 is 0 Å². The topological polar surface area (TPSA) is 45.2 Å². The van der Waals surface area contributed by atoms with E-state index in [0.29, 0.717) is 22.6 Å². The summed E-state index contributed by atoms with van der Waals surface area (Å²) in [6.45, 7) is 1.58. The van der Waals surface area contributed by atoms with Gasteiger partial charge in [-0.1, -0.05) is 29.8 Å². The van der Waals surface area contributed by atoms with Crippen molar-refractivity contribution in [3.63, 3.8) is 0 Å². The summed E-state index contributed by atoms with van der Waals surface area (Å²) in [5.74, 6) is -0.161. The summed E-state index contributed by atoms with van der Waals surface area (Å²) in [5.41, 5.74) is 4.91. The highest BCUT2D eigenvalue weighted by Gasteiger charge is 2.15. The fraction of sp³-hybridized carbons (Fsp3) is 0.238.